The maximum Gasteiger partial charge on any atom is 0.115 e. The Hall–Kier alpha value is -2.02. The predicted molar refractivity (Wildman–Crippen MR) is 81.1 cm³/mol. The summed E-state index contributed by atoms with van der Waals surface area (Å²) in [4.78, 5) is 0. The van der Waals surface area contributed by atoms with Crippen molar-refractivity contribution in [2.24, 2.45) is 5.92 Å². The summed E-state index contributed by atoms with van der Waals surface area (Å²) in [6.07, 6.45) is 2.00. The van der Waals surface area contributed by atoms with Crippen LogP contribution in [0.25, 0.3) is 5.57 Å². The van der Waals surface area contributed by atoms with Gasteiger partial charge in [0.2, 0.25) is 0 Å². The van der Waals surface area contributed by atoms with Crippen molar-refractivity contribution in [3.8, 4) is 5.75 Å². The van der Waals surface area contributed by atoms with Crippen LogP contribution >= 0.6 is 0 Å². The van der Waals surface area contributed by atoms with Crippen molar-refractivity contribution >= 4 is 5.57 Å². The number of benzene rings is 2. The lowest BCUT2D eigenvalue weighted by Gasteiger charge is -2.14. The maximum atomic E-state index is 9.27. The van der Waals surface area contributed by atoms with Gasteiger partial charge in [-0.2, -0.15) is 0 Å². The van der Waals surface area contributed by atoms with Gasteiger partial charge in [-0.1, -0.05) is 56.0 Å². The lowest BCUT2D eigenvalue weighted by molar-refractivity contribution is 0.474. The van der Waals surface area contributed by atoms with Crippen LogP contribution in [0.3, 0.4) is 0 Å². The molecule has 1 nitrogen and oxygen atoms in total. The Morgan fingerprint density at radius 3 is 2.32 bits per heavy atom. The number of hydrogen-bond donors (Lipinski definition) is 1. The van der Waals surface area contributed by atoms with Gasteiger partial charge in [0.1, 0.15) is 5.75 Å². The SMILES string of the molecule is C=C(CC(C)Cc1ccc(O)cc1)c1ccccc1. The molecular formula is C18H20O. The second-order valence-corrected chi connectivity index (χ2v) is 5.15. The van der Waals surface area contributed by atoms with E-state index in [-0.39, 0.29) is 0 Å². The molecule has 2 aromatic rings. The van der Waals surface area contributed by atoms with Crippen LogP contribution < -0.4 is 0 Å². The number of aromatic hydroxyl groups is 1. The number of phenolic OH excluding ortho intramolecular Hbond substituents is 1. The molecule has 1 N–H and O–H groups in total. The third-order valence-corrected chi connectivity index (χ3v) is 3.30. The van der Waals surface area contributed by atoms with Gasteiger partial charge in [0.25, 0.3) is 0 Å². The molecule has 0 amide bonds. The van der Waals surface area contributed by atoms with Crippen LogP contribution in [0, 0.1) is 5.92 Å². The molecule has 98 valence electrons. The normalized spacial score (nSPS) is 12.1. The first-order chi connectivity index (χ1) is 9.15. The largest absolute Gasteiger partial charge is 0.508 e. The minimum Gasteiger partial charge on any atom is -0.508 e. The molecule has 0 radical (unpaired) electrons. The fraction of sp³-hybridized carbons (Fsp3) is 0.222. The third-order valence-electron chi connectivity index (χ3n) is 3.30. The average Bonchev–Trinajstić information content (AvgIpc) is 2.42. The van der Waals surface area contributed by atoms with Crippen molar-refractivity contribution in [1.29, 1.82) is 0 Å². The number of phenols is 1. The van der Waals surface area contributed by atoms with E-state index >= 15 is 0 Å². The first-order valence-corrected chi connectivity index (χ1v) is 6.66. The predicted octanol–water partition coefficient (Wildman–Crippen LogP) is 4.67. The summed E-state index contributed by atoms with van der Waals surface area (Å²) in [6, 6.07) is 17.8. The van der Waals surface area contributed by atoms with Gasteiger partial charge in [-0.15, -0.1) is 0 Å². The monoisotopic (exact) mass is 252 g/mol. The smallest absolute Gasteiger partial charge is 0.115 e. The van der Waals surface area contributed by atoms with E-state index < -0.39 is 0 Å². The molecule has 0 bridgehead atoms. The Morgan fingerprint density at radius 1 is 1.05 bits per heavy atom. The van der Waals surface area contributed by atoms with Crippen molar-refractivity contribution in [1.82, 2.24) is 0 Å². The summed E-state index contributed by atoms with van der Waals surface area (Å²) in [6.45, 7) is 6.42. The molecule has 2 aromatic carbocycles. The van der Waals surface area contributed by atoms with Crippen LogP contribution in [0.5, 0.6) is 5.75 Å². The van der Waals surface area contributed by atoms with Gasteiger partial charge in [0, 0.05) is 0 Å². The molecule has 1 atom stereocenters. The Bertz CT molecular complexity index is 525. The zero-order valence-corrected chi connectivity index (χ0v) is 11.3. The Morgan fingerprint density at radius 2 is 1.68 bits per heavy atom. The van der Waals surface area contributed by atoms with E-state index in [1.807, 2.05) is 30.3 Å². The van der Waals surface area contributed by atoms with Gasteiger partial charge in [-0.25, -0.2) is 0 Å². The highest BCUT2D eigenvalue weighted by molar-refractivity contribution is 5.63. The van der Waals surface area contributed by atoms with Gasteiger partial charge in [0.15, 0.2) is 0 Å². The molecular weight excluding hydrogens is 232 g/mol. The molecule has 0 heterocycles. The van der Waals surface area contributed by atoms with E-state index in [4.69, 9.17) is 0 Å². The van der Waals surface area contributed by atoms with E-state index in [1.165, 1.54) is 16.7 Å². The standard InChI is InChI=1S/C18H20O/c1-14(13-16-8-10-18(19)11-9-16)12-15(2)17-6-4-3-5-7-17/h3-11,14,19H,2,12-13H2,1H3. The number of rotatable bonds is 5. The van der Waals surface area contributed by atoms with E-state index in [1.54, 1.807) is 12.1 Å². The number of hydrogen-bond acceptors (Lipinski definition) is 1. The maximum absolute atomic E-state index is 9.27. The molecule has 1 unspecified atom stereocenters. The Labute approximate surface area is 115 Å². The van der Waals surface area contributed by atoms with Gasteiger partial charge >= 0.3 is 0 Å². The molecule has 0 aliphatic carbocycles. The van der Waals surface area contributed by atoms with E-state index in [2.05, 4.69) is 25.6 Å². The fourth-order valence-electron chi connectivity index (χ4n) is 2.32. The summed E-state index contributed by atoms with van der Waals surface area (Å²) in [5.41, 5.74) is 3.66. The van der Waals surface area contributed by atoms with Crippen molar-refractivity contribution in [3.05, 3.63) is 72.3 Å². The summed E-state index contributed by atoms with van der Waals surface area (Å²) in [5.74, 6) is 0.863. The topological polar surface area (TPSA) is 20.2 Å². The highest BCUT2D eigenvalue weighted by Gasteiger charge is 2.07. The molecule has 19 heavy (non-hydrogen) atoms. The molecule has 0 saturated heterocycles. The van der Waals surface area contributed by atoms with Crippen LogP contribution in [-0.2, 0) is 6.42 Å². The molecule has 0 saturated carbocycles. The van der Waals surface area contributed by atoms with Gasteiger partial charge in [0.05, 0.1) is 0 Å². The average molecular weight is 252 g/mol. The molecule has 0 aliphatic heterocycles. The van der Waals surface area contributed by atoms with Crippen LogP contribution in [0.1, 0.15) is 24.5 Å². The first-order valence-electron chi connectivity index (χ1n) is 6.66. The second-order valence-electron chi connectivity index (χ2n) is 5.15. The minimum atomic E-state index is 0.324. The summed E-state index contributed by atoms with van der Waals surface area (Å²) < 4.78 is 0. The molecule has 0 aromatic heterocycles. The van der Waals surface area contributed by atoms with Crippen molar-refractivity contribution in [3.63, 3.8) is 0 Å². The second kappa shape index (κ2) is 6.24. The van der Waals surface area contributed by atoms with Gasteiger partial charge in [-0.05, 0) is 47.6 Å². The first kappa shape index (κ1) is 13.4. The zero-order valence-electron chi connectivity index (χ0n) is 11.3. The summed E-state index contributed by atoms with van der Waals surface area (Å²) in [7, 11) is 0. The fourth-order valence-corrected chi connectivity index (χ4v) is 2.32. The third kappa shape index (κ3) is 3.99. The zero-order chi connectivity index (χ0) is 13.7. The van der Waals surface area contributed by atoms with Crippen molar-refractivity contribution in [2.45, 2.75) is 19.8 Å². The molecule has 2 rings (SSSR count). The quantitative estimate of drug-likeness (QED) is 0.819. The van der Waals surface area contributed by atoms with E-state index in [0.717, 1.165) is 12.8 Å². The van der Waals surface area contributed by atoms with E-state index in [9.17, 15) is 5.11 Å². The highest BCUT2D eigenvalue weighted by atomic mass is 16.3. The van der Waals surface area contributed by atoms with Crippen LogP contribution in [-0.4, -0.2) is 5.11 Å². The lowest BCUT2D eigenvalue weighted by Crippen LogP contribution is -2.00. The van der Waals surface area contributed by atoms with Crippen LogP contribution in [0.15, 0.2) is 61.2 Å². The van der Waals surface area contributed by atoms with E-state index in [0.29, 0.717) is 11.7 Å². The lowest BCUT2D eigenvalue weighted by atomic mass is 9.92. The molecule has 0 fully saturated rings. The molecule has 0 aliphatic rings. The van der Waals surface area contributed by atoms with Crippen molar-refractivity contribution < 1.29 is 5.11 Å². The van der Waals surface area contributed by atoms with Gasteiger partial charge in [-0.3, -0.25) is 0 Å². The summed E-state index contributed by atoms with van der Waals surface area (Å²) in [5, 5.41) is 9.27. The minimum absolute atomic E-state index is 0.324. The van der Waals surface area contributed by atoms with Crippen LogP contribution in [0.4, 0.5) is 0 Å². The molecule has 1 heteroatoms. The Kier molecular flexibility index (Phi) is 4.40. The Balaban J connectivity index is 1.92. The molecule has 0 spiro atoms. The highest BCUT2D eigenvalue weighted by Crippen LogP contribution is 2.23. The number of allylic oxidation sites excluding steroid dienone is 1. The van der Waals surface area contributed by atoms with Crippen LogP contribution in [0.2, 0.25) is 0 Å². The van der Waals surface area contributed by atoms with Gasteiger partial charge < -0.3 is 5.11 Å². The summed E-state index contributed by atoms with van der Waals surface area (Å²) >= 11 is 0. The van der Waals surface area contributed by atoms with Crippen molar-refractivity contribution in [2.75, 3.05) is 0 Å².